The van der Waals surface area contributed by atoms with Crippen LogP contribution in [0.3, 0.4) is 0 Å². The van der Waals surface area contributed by atoms with E-state index in [0.29, 0.717) is 26.3 Å². The molecule has 2 aliphatic carbocycles. The summed E-state index contributed by atoms with van der Waals surface area (Å²) >= 11 is 3.53. The number of aliphatic hydroxyl groups excluding tert-OH is 1. The van der Waals surface area contributed by atoms with Gasteiger partial charge < -0.3 is 14.7 Å². The van der Waals surface area contributed by atoms with Crippen LogP contribution in [-0.4, -0.2) is 53.3 Å². The molecule has 0 radical (unpaired) electrons. The van der Waals surface area contributed by atoms with Crippen LogP contribution in [-0.2, 0) is 16.0 Å². The van der Waals surface area contributed by atoms with Crippen LogP contribution in [0.2, 0.25) is 0 Å². The smallest absolute Gasteiger partial charge is 0.225 e. The summed E-state index contributed by atoms with van der Waals surface area (Å²) in [6.07, 6.45) is 2.46. The minimum atomic E-state index is -0.479. The summed E-state index contributed by atoms with van der Waals surface area (Å²) in [6, 6.07) is 2.14. The Bertz CT molecular complexity index is 937. The molecule has 0 aromatic carbocycles. The van der Waals surface area contributed by atoms with Gasteiger partial charge in [0.25, 0.3) is 0 Å². The standard InChI is InChI=1S/C24H32N2O3S2/c1-14(23(28)26-7-9-29-10-8-26)17-4-6-24(3)12-18-20(15(2)19(24)21(17)27)25-22(31-18)16-5-11-30-13-16/h5,11,13-15,17,19,21,27H,4,6-10,12H2,1-3H3/t14-,15-,17?,19+,21-,24-/m0/s1. The molecule has 1 aliphatic heterocycles. The number of carbonyl (C=O) groups excluding carboxylic acids is 1. The summed E-state index contributed by atoms with van der Waals surface area (Å²) in [7, 11) is 0. The molecule has 5 nitrogen and oxygen atoms in total. The highest BCUT2D eigenvalue weighted by Gasteiger charge is 2.54. The first-order valence-corrected chi connectivity index (χ1v) is 13.2. The van der Waals surface area contributed by atoms with E-state index in [-0.39, 0.29) is 35.0 Å². The van der Waals surface area contributed by atoms with E-state index in [0.717, 1.165) is 24.3 Å². The van der Waals surface area contributed by atoms with Crippen molar-refractivity contribution in [3.05, 3.63) is 27.4 Å². The molecular weight excluding hydrogens is 428 g/mol. The Hall–Kier alpha value is -1.28. The molecule has 1 saturated carbocycles. The van der Waals surface area contributed by atoms with Gasteiger partial charge in [-0.15, -0.1) is 11.3 Å². The molecule has 6 atom stereocenters. The zero-order chi connectivity index (χ0) is 21.8. The van der Waals surface area contributed by atoms with Gasteiger partial charge in [-0.1, -0.05) is 20.8 Å². The zero-order valence-corrected chi connectivity index (χ0v) is 20.2. The molecule has 1 amide bonds. The Morgan fingerprint density at radius 3 is 2.87 bits per heavy atom. The SMILES string of the molecule is C[C@H](C(=O)N1CCOCC1)C1CC[C@@]2(C)Cc3sc(-c4ccsc4)nc3[C@@H](C)[C@@H]2[C@H]1O. The maximum Gasteiger partial charge on any atom is 0.225 e. The second-order valence-electron chi connectivity index (χ2n) is 9.90. The van der Waals surface area contributed by atoms with Crippen molar-refractivity contribution in [1.82, 2.24) is 9.88 Å². The number of hydrogen-bond donors (Lipinski definition) is 1. The number of amides is 1. The number of hydrogen-bond acceptors (Lipinski definition) is 6. The van der Waals surface area contributed by atoms with E-state index in [1.807, 2.05) is 23.2 Å². The first-order chi connectivity index (χ1) is 14.9. The van der Waals surface area contributed by atoms with Crippen molar-refractivity contribution in [2.24, 2.45) is 23.2 Å². The third-order valence-corrected chi connectivity index (χ3v) is 9.85. The maximum atomic E-state index is 13.1. The Balaban J connectivity index is 1.40. The molecule has 0 spiro atoms. The normalized spacial score (nSPS) is 34.1. The summed E-state index contributed by atoms with van der Waals surface area (Å²) in [5.74, 6) is 0.348. The van der Waals surface area contributed by atoms with Gasteiger partial charge in [-0.05, 0) is 48.0 Å². The topological polar surface area (TPSA) is 62.7 Å². The van der Waals surface area contributed by atoms with Crippen LogP contribution in [0, 0.1) is 23.2 Å². The lowest BCUT2D eigenvalue weighted by Crippen LogP contribution is -2.54. The van der Waals surface area contributed by atoms with Crippen LogP contribution in [0.15, 0.2) is 16.8 Å². The van der Waals surface area contributed by atoms with Gasteiger partial charge >= 0.3 is 0 Å². The number of fused-ring (bicyclic) bond motifs is 2. The lowest BCUT2D eigenvalue weighted by molar-refractivity contribution is -0.148. The molecule has 5 rings (SSSR count). The van der Waals surface area contributed by atoms with E-state index in [1.165, 1.54) is 16.1 Å². The Morgan fingerprint density at radius 1 is 1.39 bits per heavy atom. The molecule has 3 aliphatic rings. The zero-order valence-electron chi connectivity index (χ0n) is 18.5. The predicted octanol–water partition coefficient (Wildman–Crippen LogP) is 4.42. The summed E-state index contributed by atoms with van der Waals surface area (Å²) in [6.45, 7) is 9.15. The minimum absolute atomic E-state index is 0.00685. The van der Waals surface area contributed by atoms with Gasteiger partial charge in [0, 0.05) is 40.7 Å². The number of thiazole rings is 1. The molecule has 1 unspecified atom stereocenters. The molecule has 1 N–H and O–H groups in total. The van der Waals surface area contributed by atoms with E-state index in [2.05, 4.69) is 30.7 Å². The number of aliphatic hydroxyl groups is 1. The Morgan fingerprint density at radius 2 is 2.16 bits per heavy atom. The van der Waals surface area contributed by atoms with Crippen molar-refractivity contribution in [3.63, 3.8) is 0 Å². The first-order valence-electron chi connectivity index (χ1n) is 11.5. The third kappa shape index (κ3) is 3.67. The first kappa shape index (κ1) is 21.6. The van der Waals surface area contributed by atoms with Gasteiger partial charge in [-0.2, -0.15) is 11.3 Å². The Labute approximate surface area is 192 Å². The van der Waals surface area contributed by atoms with Gasteiger partial charge in [0.05, 0.1) is 25.0 Å². The molecule has 7 heteroatoms. The predicted molar refractivity (Wildman–Crippen MR) is 124 cm³/mol. The fourth-order valence-corrected chi connectivity index (χ4v) is 8.39. The summed E-state index contributed by atoms with van der Waals surface area (Å²) < 4.78 is 5.41. The second kappa shape index (κ2) is 8.25. The van der Waals surface area contributed by atoms with E-state index in [1.54, 1.807) is 11.3 Å². The average molecular weight is 461 g/mol. The molecule has 0 bridgehead atoms. The third-order valence-electron chi connectivity index (χ3n) is 8.04. The lowest BCUT2D eigenvalue weighted by atomic mass is 9.53. The van der Waals surface area contributed by atoms with Crippen LogP contribution < -0.4 is 0 Å². The molecule has 31 heavy (non-hydrogen) atoms. The van der Waals surface area contributed by atoms with Crippen molar-refractivity contribution in [2.75, 3.05) is 26.3 Å². The number of rotatable bonds is 3. The van der Waals surface area contributed by atoms with Crippen molar-refractivity contribution in [2.45, 2.75) is 52.1 Å². The largest absolute Gasteiger partial charge is 0.392 e. The summed E-state index contributed by atoms with van der Waals surface area (Å²) in [5, 5.41) is 17.0. The highest BCUT2D eigenvalue weighted by Crippen LogP contribution is 2.57. The molecular formula is C24H32N2O3S2. The fraction of sp³-hybridized carbons (Fsp3) is 0.667. The van der Waals surface area contributed by atoms with Gasteiger partial charge in [0.15, 0.2) is 0 Å². The summed E-state index contributed by atoms with van der Waals surface area (Å²) in [4.78, 5) is 21.5. The summed E-state index contributed by atoms with van der Waals surface area (Å²) in [5.41, 5.74) is 2.43. The van der Waals surface area contributed by atoms with Gasteiger partial charge in [0.2, 0.25) is 5.91 Å². The number of thiophene rings is 1. The van der Waals surface area contributed by atoms with Crippen LogP contribution in [0.4, 0.5) is 0 Å². The van der Waals surface area contributed by atoms with Gasteiger partial charge in [0.1, 0.15) is 5.01 Å². The van der Waals surface area contributed by atoms with E-state index in [9.17, 15) is 9.90 Å². The molecule has 168 valence electrons. The fourth-order valence-electron chi connectivity index (χ4n) is 6.31. The van der Waals surface area contributed by atoms with Gasteiger partial charge in [-0.25, -0.2) is 4.98 Å². The van der Waals surface area contributed by atoms with Gasteiger partial charge in [-0.3, -0.25) is 4.79 Å². The van der Waals surface area contributed by atoms with Crippen molar-refractivity contribution < 1.29 is 14.6 Å². The van der Waals surface area contributed by atoms with Crippen LogP contribution in [0.5, 0.6) is 0 Å². The monoisotopic (exact) mass is 460 g/mol. The number of nitrogens with zero attached hydrogens (tertiary/aromatic N) is 2. The molecule has 3 heterocycles. The van der Waals surface area contributed by atoms with Crippen molar-refractivity contribution in [3.8, 4) is 10.6 Å². The van der Waals surface area contributed by atoms with Crippen LogP contribution in [0.25, 0.3) is 10.6 Å². The van der Waals surface area contributed by atoms with Crippen molar-refractivity contribution >= 4 is 28.6 Å². The molecule has 2 fully saturated rings. The van der Waals surface area contributed by atoms with E-state index < -0.39 is 6.10 Å². The quantitative estimate of drug-likeness (QED) is 0.737. The maximum absolute atomic E-state index is 13.1. The molecule has 2 aromatic heterocycles. The number of carbonyl (C=O) groups is 1. The number of morpholine rings is 1. The van der Waals surface area contributed by atoms with E-state index >= 15 is 0 Å². The van der Waals surface area contributed by atoms with E-state index in [4.69, 9.17) is 9.72 Å². The number of ether oxygens (including phenoxy) is 1. The average Bonchev–Trinajstić information content (AvgIpc) is 3.43. The highest BCUT2D eigenvalue weighted by atomic mass is 32.1. The minimum Gasteiger partial charge on any atom is -0.392 e. The van der Waals surface area contributed by atoms with Crippen LogP contribution >= 0.6 is 22.7 Å². The number of aromatic nitrogens is 1. The van der Waals surface area contributed by atoms with Crippen molar-refractivity contribution in [1.29, 1.82) is 0 Å². The molecule has 1 saturated heterocycles. The Kier molecular flexibility index (Phi) is 5.74. The highest BCUT2D eigenvalue weighted by molar-refractivity contribution is 7.15. The lowest BCUT2D eigenvalue weighted by Gasteiger charge is -2.53. The second-order valence-corrected chi connectivity index (χ2v) is 11.8. The van der Waals surface area contributed by atoms with Crippen LogP contribution in [0.1, 0.15) is 50.1 Å². The molecule has 2 aromatic rings.